The van der Waals surface area contributed by atoms with Gasteiger partial charge in [-0.1, -0.05) is 6.07 Å². The molecule has 1 aromatic heterocycles. The minimum Gasteiger partial charge on any atom is -0.323 e. The maximum Gasteiger partial charge on any atom is 0.338 e. The Labute approximate surface area is 127 Å². The molecule has 0 atom stereocenters. The fourth-order valence-corrected chi connectivity index (χ4v) is 1.80. The first-order valence-electron chi connectivity index (χ1n) is 5.55. The summed E-state index contributed by atoms with van der Waals surface area (Å²) in [4.78, 5) is 11.5. The van der Waals surface area contributed by atoms with E-state index < -0.39 is 18.8 Å². The van der Waals surface area contributed by atoms with Crippen molar-refractivity contribution in [1.29, 1.82) is 10.5 Å². The van der Waals surface area contributed by atoms with Crippen molar-refractivity contribution in [3.63, 3.8) is 0 Å². The van der Waals surface area contributed by atoms with Crippen LogP contribution < -0.4 is 11.5 Å². The molecular formula is C12H10F4N6O. The lowest BCUT2D eigenvalue weighted by molar-refractivity contribution is 0.0519. The number of nitrogens with two attached hydrogens (primary N) is 1. The second kappa shape index (κ2) is 8.84. The summed E-state index contributed by atoms with van der Waals surface area (Å²) < 4.78 is 51.1. The molecule has 1 aromatic carbocycles. The largest absolute Gasteiger partial charge is 0.338 e. The molecule has 0 fully saturated rings. The lowest BCUT2D eigenvalue weighted by Gasteiger charge is -2.01. The highest BCUT2D eigenvalue weighted by molar-refractivity contribution is 5.87. The molecule has 0 unspecified atom stereocenters. The smallest absolute Gasteiger partial charge is 0.323 e. The van der Waals surface area contributed by atoms with E-state index in [1.54, 1.807) is 0 Å². The Morgan fingerprint density at radius 1 is 1.04 bits per heavy atom. The van der Waals surface area contributed by atoms with Crippen molar-refractivity contribution in [2.75, 3.05) is 0 Å². The molecule has 2 rings (SSSR count). The lowest BCUT2D eigenvalue weighted by Crippen LogP contribution is -2.25. The fourth-order valence-electron chi connectivity index (χ4n) is 1.80. The van der Waals surface area contributed by atoms with Gasteiger partial charge in [0.15, 0.2) is 0 Å². The third kappa shape index (κ3) is 3.85. The Balaban J connectivity index is 0.00000112. The summed E-state index contributed by atoms with van der Waals surface area (Å²) in [6.07, 6.45) is 1.15. The number of halogens is 4. The molecular weight excluding hydrogens is 320 g/mol. The highest BCUT2D eigenvalue weighted by Crippen LogP contribution is 2.23. The van der Waals surface area contributed by atoms with Crippen molar-refractivity contribution in [3.8, 4) is 13.1 Å². The van der Waals surface area contributed by atoms with Crippen LogP contribution in [0.5, 0.6) is 0 Å². The van der Waals surface area contributed by atoms with Crippen molar-refractivity contribution >= 4 is 17.2 Å². The molecule has 0 aliphatic heterocycles. The van der Waals surface area contributed by atoms with E-state index in [1.807, 2.05) is 0 Å². The Bertz CT molecular complexity index is 768. The highest BCUT2D eigenvalue weighted by atomic mass is 19.3. The van der Waals surface area contributed by atoms with Crippen molar-refractivity contribution in [2.45, 2.75) is 13.1 Å². The summed E-state index contributed by atoms with van der Waals surface area (Å²) in [6.45, 7) is 0.573. The molecule has 0 radical (unpaired) electrons. The minimum atomic E-state index is -3.22. The minimum absolute atomic E-state index is 0.00461. The quantitative estimate of drug-likeness (QED) is 0.402. The molecule has 0 spiro atoms. The number of nitrogens with zero attached hydrogens (tertiary/aromatic N) is 5. The van der Waals surface area contributed by atoms with Crippen molar-refractivity contribution in [1.82, 2.24) is 9.13 Å². The zero-order valence-electron chi connectivity index (χ0n) is 11.4. The molecule has 0 bridgehead atoms. The predicted molar refractivity (Wildman–Crippen MR) is 73.8 cm³/mol. The van der Waals surface area contributed by atoms with Gasteiger partial charge in [-0.25, -0.2) is 24.5 Å². The summed E-state index contributed by atoms with van der Waals surface area (Å²) in [6, 6.07) is 3.61. The summed E-state index contributed by atoms with van der Waals surface area (Å²) in [5, 5.41) is 16.2. The number of hydrogen-bond acceptors (Lipinski definition) is 5. The average molecular weight is 330 g/mol. The van der Waals surface area contributed by atoms with E-state index in [0.717, 1.165) is 18.3 Å². The molecule has 2 aromatic rings. The summed E-state index contributed by atoms with van der Waals surface area (Å²) in [5.41, 5.74) is -1.75. The number of aromatic nitrogens is 2. The van der Waals surface area contributed by atoms with Crippen LogP contribution in [0.25, 0.3) is 11.0 Å². The van der Waals surface area contributed by atoms with E-state index in [4.69, 9.17) is 16.4 Å². The third-order valence-corrected chi connectivity index (χ3v) is 2.54. The number of imidazole rings is 1. The van der Waals surface area contributed by atoms with Crippen LogP contribution in [0, 0.1) is 23.7 Å². The molecule has 7 nitrogen and oxygen atoms in total. The molecule has 0 saturated carbocycles. The van der Waals surface area contributed by atoms with Crippen molar-refractivity contribution in [2.24, 2.45) is 10.9 Å². The van der Waals surface area contributed by atoms with Crippen LogP contribution in [0.1, 0.15) is 18.7 Å². The number of benzene rings is 1. The SMILES string of the molecule is C#N.C#N.NN=Cc1ccc2c(c1)n(C(F)F)c(=O)n2C(F)F. The molecule has 0 amide bonds. The first-order chi connectivity index (χ1) is 11.0. The standard InChI is InChI=1S/C10H8F4N4O.2CHN/c11-8(12)17-6-2-1-5(4-16-15)3-7(6)18(9(13)14)10(17)19;2*1-2/h1-4,8-9H,15H2;2*1H. The van der Waals surface area contributed by atoms with E-state index in [1.165, 1.54) is 6.07 Å². The van der Waals surface area contributed by atoms with E-state index in [-0.39, 0.29) is 20.2 Å². The van der Waals surface area contributed by atoms with Crippen molar-refractivity contribution in [3.05, 3.63) is 34.2 Å². The van der Waals surface area contributed by atoms with Crippen LogP contribution in [-0.4, -0.2) is 15.3 Å². The van der Waals surface area contributed by atoms with Crippen LogP contribution >= 0.6 is 0 Å². The van der Waals surface area contributed by atoms with Crippen LogP contribution in [-0.2, 0) is 0 Å². The van der Waals surface area contributed by atoms with Gasteiger partial charge >= 0.3 is 18.8 Å². The van der Waals surface area contributed by atoms with Gasteiger partial charge < -0.3 is 5.84 Å². The van der Waals surface area contributed by atoms with Crippen molar-refractivity contribution < 1.29 is 17.6 Å². The number of alkyl halides is 4. The zero-order valence-corrected chi connectivity index (χ0v) is 11.4. The van der Waals surface area contributed by atoms with Crippen LogP contribution in [0.2, 0.25) is 0 Å². The predicted octanol–water partition coefficient (Wildman–Crippen LogP) is 2.17. The molecule has 2 N–H and O–H groups in total. The summed E-state index contributed by atoms with van der Waals surface area (Å²) in [7, 11) is 0. The van der Waals surface area contributed by atoms with Gasteiger partial charge in [0, 0.05) is 13.1 Å². The van der Waals surface area contributed by atoms with E-state index >= 15 is 0 Å². The summed E-state index contributed by atoms with van der Waals surface area (Å²) in [5.74, 6) is 4.91. The topological polar surface area (TPSA) is 113 Å². The van der Waals surface area contributed by atoms with E-state index in [0.29, 0.717) is 5.56 Å². The van der Waals surface area contributed by atoms with E-state index in [2.05, 4.69) is 18.2 Å². The Kier molecular flexibility index (Phi) is 7.56. The van der Waals surface area contributed by atoms with Gasteiger partial charge in [0.1, 0.15) is 0 Å². The van der Waals surface area contributed by atoms with Gasteiger partial charge in [0.05, 0.1) is 17.2 Å². The van der Waals surface area contributed by atoms with Gasteiger partial charge in [0.2, 0.25) is 0 Å². The Morgan fingerprint density at radius 2 is 1.52 bits per heavy atom. The number of rotatable bonds is 3. The Hall–Kier alpha value is -3.34. The molecule has 23 heavy (non-hydrogen) atoms. The van der Waals surface area contributed by atoms with Crippen LogP contribution in [0.15, 0.2) is 28.1 Å². The monoisotopic (exact) mass is 330 g/mol. The zero-order chi connectivity index (χ0) is 18.2. The molecule has 0 saturated heterocycles. The first-order valence-corrected chi connectivity index (χ1v) is 5.55. The molecule has 0 aliphatic rings. The second-order valence-electron chi connectivity index (χ2n) is 3.60. The number of hydrogen-bond donors (Lipinski definition) is 1. The maximum atomic E-state index is 12.8. The molecule has 0 aliphatic carbocycles. The first kappa shape index (κ1) is 19.7. The van der Waals surface area contributed by atoms with Gasteiger partial charge in [-0.05, 0) is 17.7 Å². The summed E-state index contributed by atoms with van der Waals surface area (Å²) >= 11 is 0. The molecule has 11 heteroatoms. The average Bonchev–Trinajstić information content (AvgIpc) is 2.83. The van der Waals surface area contributed by atoms with Gasteiger partial charge in [-0.15, -0.1) is 0 Å². The van der Waals surface area contributed by atoms with Crippen LogP contribution in [0.3, 0.4) is 0 Å². The number of fused-ring (bicyclic) bond motifs is 1. The Morgan fingerprint density at radius 3 is 1.96 bits per heavy atom. The second-order valence-corrected chi connectivity index (χ2v) is 3.60. The fraction of sp³-hybridized carbons (Fsp3) is 0.167. The lowest BCUT2D eigenvalue weighted by atomic mass is 10.2. The molecule has 122 valence electrons. The number of hydrazone groups is 1. The maximum absolute atomic E-state index is 12.8. The number of nitriles is 2. The van der Waals surface area contributed by atoms with Gasteiger partial charge in [0.25, 0.3) is 0 Å². The van der Waals surface area contributed by atoms with Gasteiger partial charge in [-0.3, -0.25) is 0 Å². The van der Waals surface area contributed by atoms with E-state index in [9.17, 15) is 22.4 Å². The van der Waals surface area contributed by atoms with Gasteiger partial charge in [-0.2, -0.15) is 22.7 Å². The highest BCUT2D eigenvalue weighted by Gasteiger charge is 2.23. The normalized spacial score (nSPS) is 10.3. The molecule has 1 heterocycles. The van der Waals surface area contributed by atoms with Crippen LogP contribution in [0.4, 0.5) is 17.6 Å². The third-order valence-electron chi connectivity index (χ3n) is 2.54.